The first-order chi connectivity index (χ1) is 10.1. The minimum absolute atomic E-state index is 0.0630. The van der Waals surface area contributed by atoms with Gasteiger partial charge in [0.2, 0.25) is 0 Å². The second-order valence-electron chi connectivity index (χ2n) is 7.74. The SMILES string of the molecule is CC(C)(N)Cn1c(C(C)(C)C)nc2cc3c(cc21)OCCO3. The Morgan fingerprint density at radius 2 is 1.68 bits per heavy atom. The maximum atomic E-state index is 6.26. The summed E-state index contributed by atoms with van der Waals surface area (Å²) in [7, 11) is 0. The van der Waals surface area contributed by atoms with Crippen molar-refractivity contribution in [1.29, 1.82) is 0 Å². The highest BCUT2D eigenvalue weighted by molar-refractivity contribution is 5.81. The molecule has 2 heterocycles. The zero-order valence-electron chi connectivity index (χ0n) is 14.1. The van der Waals surface area contributed by atoms with Crippen LogP contribution in [0.25, 0.3) is 11.0 Å². The summed E-state index contributed by atoms with van der Waals surface area (Å²) < 4.78 is 13.6. The van der Waals surface area contributed by atoms with Crippen molar-refractivity contribution < 1.29 is 9.47 Å². The van der Waals surface area contributed by atoms with E-state index in [0.717, 1.165) is 28.4 Å². The Kier molecular flexibility index (Phi) is 3.36. The van der Waals surface area contributed by atoms with Gasteiger partial charge >= 0.3 is 0 Å². The van der Waals surface area contributed by atoms with Gasteiger partial charge in [-0.05, 0) is 13.8 Å². The van der Waals surface area contributed by atoms with E-state index >= 15 is 0 Å². The second-order valence-corrected chi connectivity index (χ2v) is 7.74. The normalized spacial score (nSPS) is 15.4. The van der Waals surface area contributed by atoms with E-state index in [2.05, 4.69) is 25.3 Å². The highest BCUT2D eigenvalue weighted by Crippen LogP contribution is 2.36. The first kappa shape index (κ1) is 15.2. The Hall–Kier alpha value is -1.75. The van der Waals surface area contributed by atoms with E-state index in [4.69, 9.17) is 20.2 Å². The fourth-order valence-electron chi connectivity index (χ4n) is 2.80. The van der Waals surface area contributed by atoms with Gasteiger partial charge in [-0.1, -0.05) is 20.8 Å². The van der Waals surface area contributed by atoms with Crippen LogP contribution in [0, 0.1) is 0 Å². The van der Waals surface area contributed by atoms with Crippen LogP contribution in [0.3, 0.4) is 0 Å². The zero-order chi connectivity index (χ0) is 16.1. The van der Waals surface area contributed by atoms with E-state index < -0.39 is 0 Å². The lowest BCUT2D eigenvalue weighted by Gasteiger charge is -2.26. The number of benzene rings is 1. The number of imidazole rings is 1. The third kappa shape index (κ3) is 2.77. The molecular formula is C17H25N3O2. The van der Waals surface area contributed by atoms with Crippen LogP contribution in [-0.4, -0.2) is 28.3 Å². The number of hydrogen-bond acceptors (Lipinski definition) is 4. The molecule has 0 bridgehead atoms. The predicted molar refractivity (Wildman–Crippen MR) is 87.7 cm³/mol. The van der Waals surface area contributed by atoms with Gasteiger partial charge in [-0.3, -0.25) is 0 Å². The van der Waals surface area contributed by atoms with Gasteiger partial charge < -0.3 is 19.8 Å². The molecule has 0 spiro atoms. The van der Waals surface area contributed by atoms with E-state index in [1.54, 1.807) is 0 Å². The topological polar surface area (TPSA) is 62.3 Å². The molecule has 22 heavy (non-hydrogen) atoms. The van der Waals surface area contributed by atoms with Crippen LogP contribution >= 0.6 is 0 Å². The van der Waals surface area contributed by atoms with Crippen LogP contribution in [0.2, 0.25) is 0 Å². The molecule has 2 N–H and O–H groups in total. The largest absolute Gasteiger partial charge is 0.486 e. The highest BCUT2D eigenvalue weighted by Gasteiger charge is 2.27. The third-order valence-electron chi connectivity index (χ3n) is 3.65. The average molecular weight is 303 g/mol. The Bertz CT molecular complexity index is 705. The van der Waals surface area contributed by atoms with Gasteiger partial charge in [-0.15, -0.1) is 0 Å². The molecular weight excluding hydrogens is 278 g/mol. The summed E-state index contributed by atoms with van der Waals surface area (Å²) in [5.74, 6) is 2.59. The van der Waals surface area contributed by atoms with Crippen LogP contribution in [0.4, 0.5) is 0 Å². The Morgan fingerprint density at radius 1 is 1.09 bits per heavy atom. The summed E-state index contributed by atoms with van der Waals surface area (Å²) in [5.41, 5.74) is 7.86. The lowest BCUT2D eigenvalue weighted by Crippen LogP contribution is -2.38. The molecule has 0 unspecified atom stereocenters. The molecule has 1 aliphatic rings. The van der Waals surface area contributed by atoms with Crippen LogP contribution < -0.4 is 15.2 Å². The second kappa shape index (κ2) is 4.88. The fraction of sp³-hybridized carbons (Fsp3) is 0.588. The Morgan fingerprint density at radius 3 is 2.23 bits per heavy atom. The van der Waals surface area contributed by atoms with E-state index in [9.17, 15) is 0 Å². The molecule has 0 saturated heterocycles. The van der Waals surface area contributed by atoms with Crippen molar-refractivity contribution in [2.45, 2.75) is 52.1 Å². The molecule has 0 amide bonds. The van der Waals surface area contributed by atoms with Crippen molar-refractivity contribution in [1.82, 2.24) is 9.55 Å². The zero-order valence-corrected chi connectivity index (χ0v) is 14.1. The summed E-state index contributed by atoms with van der Waals surface area (Å²) in [6.45, 7) is 12.4. The van der Waals surface area contributed by atoms with Gasteiger partial charge in [0.15, 0.2) is 11.5 Å². The lowest BCUT2D eigenvalue weighted by molar-refractivity contribution is 0.172. The first-order valence-electron chi connectivity index (χ1n) is 7.74. The van der Waals surface area contributed by atoms with Crippen molar-refractivity contribution in [2.75, 3.05) is 13.2 Å². The number of nitrogens with zero attached hydrogens (tertiary/aromatic N) is 2. The summed E-state index contributed by atoms with van der Waals surface area (Å²) in [6, 6.07) is 4.00. The van der Waals surface area contributed by atoms with Crippen molar-refractivity contribution in [3.63, 3.8) is 0 Å². The van der Waals surface area contributed by atoms with E-state index in [-0.39, 0.29) is 11.0 Å². The molecule has 5 heteroatoms. The number of fused-ring (bicyclic) bond motifs is 2. The maximum Gasteiger partial charge on any atom is 0.163 e. The van der Waals surface area contributed by atoms with Gasteiger partial charge in [0.1, 0.15) is 19.0 Å². The molecule has 5 nitrogen and oxygen atoms in total. The molecule has 0 radical (unpaired) electrons. The average Bonchev–Trinajstić information content (AvgIpc) is 2.72. The molecule has 2 aromatic rings. The van der Waals surface area contributed by atoms with Gasteiger partial charge in [0.05, 0.1) is 11.0 Å². The number of nitrogens with two attached hydrogens (primary N) is 1. The van der Waals surface area contributed by atoms with Crippen molar-refractivity contribution in [2.24, 2.45) is 5.73 Å². The summed E-state index contributed by atoms with van der Waals surface area (Å²) in [5, 5.41) is 0. The minimum atomic E-state index is -0.319. The van der Waals surface area contributed by atoms with Gasteiger partial charge in [-0.25, -0.2) is 4.98 Å². The molecule has 0 saturated carbocycles. The van der Waals surface area contributed by atoms with Gasteiger partial charge in [0, 0.05) is 29.6 Å². The van der Waals surface area contributed by atoms with Crippen LogP contribution in [0.15, 0.2) is 12.1 Å². The molecule has 1 aromatic heterocycles. The number of hydrogen-bond donors (Lipinski definition) is 1. The molecule has 0 aliphatic carbocycles. The molecule has 0 atom stereocenters. The minimum Gasteiger partial charge on any atom is -0.486 e. The van der Waals surface area contributed by atoms with E-state index in [0.29, 0.717) is 19.8 Å². The molecule has 1 aromatic carbocycles. The third-order valence-corrected chi connectivity index (χ3v) is 3.65. The predicted octanol–water partition coefficient (Wildman–Crippen LogP) is 2.84. The number of aromatic nitrogens is 2. The standard InChI is InChI=1S/C17H25N3O2/c1-16(2,3)15-19-11-8-13-14(22-7-6-21-13)9-12(11)20(15)10-17(4,5)18/h8-9H,6-7,10,18H2,1-5H3. The first-order valence-corrected chi connectivity index (χ1v) is 7.74. The van der Waals surface area contributed by atoms with E-state index in [1.165, 1.54) is 0 Å². The monoisotopic (exact) mass is 303 g/mol. The quantitative estimate of drug-likeness (QED) is 0.926. The summed E-state index contributed by atoms with van der Waals surface area (Å²) >= 11 is 0. The van der Waals surface area contributed by atoms with Gasteiger partial charge in [-0.2, -0.15) is 0 Å². The van der Waals surface area contributed by atoms with Gasteiger partial charge in [0.25, 0.3) is 0 Å². The molecule has 3 rings (SSSR count). The van der Waals surface area contributed by atoms with Crippen molar-refractivity contribution in [3.05, 3.63) is 18.0 Å². The van der Waals surface area contributed by atoms with Crippen LogP contribution in [0.1, 0.15) is 40.4 Å². The molecule has 1 aliphatic heterocycles. The Labute approximate surface area is 131 Å². The number of ether oxygens (including phenoxy) is 2. The maximum absolute atomic E-state index is 6.26. The molecule has 0 fully saturated rings. The smallest absolute Gasteiger partial charge is 0.163 e. The fourth-order valence-corrected chi connectivity index (χ4v) is 2.80. The number of rotatable bonds is 2. The van der Waals surface area contributed by atoms with Crippen LogP contribution in [-0.2, 0) is 12.0 Å². The summed E-state index contributed by atoms with van der Waals surface area (Å²) in [6.07, 6.45) is 0. The van der Waals surface area contributed by atoms with Crippen LogP contribution in [0.5, 0.6) is 11.5 Å². The van der Waals surface area contributed by atoms with Crippen molar-refractivity contribution >= 4 is 11.0 Å². The Balaban J connectivity index is 2.23. The lowest BCUT2D eigenvalue weighted by atomic mass is 9.95. The summed E-state index contributed by atoms with van der Waals surface area (Å²) in [4.78, 5) is 4.85. The highest BCUT2D eigenvalue weighted by atomic mass is 16.6. The van der Waals surface area contributed by atoms with Crippen molar-refractivity contribution in [3.8, 4) is 11.5 Å². The molecule has 120 valence electrons. The van der Waals surface area contributed by atoms with E-state index in [1.807, 2.05) is 26.0 Å².